The van der Waals surface area contributed by atoms with E-state index in [9.17, 15) is 23.1 Å². The Balaban J connectivity index is 0.00000272. The number of nitrogens with zero attached hydrogens (tertiary/aromatic N) is 4. The first kappa shape index (κ1) is 23.6. The summed E-state index contributed by atoms with van der Waals surface area (Å²) in [5.41, 5.74) is 0.849. The molecule has 1 aliphatic rings. The second-order valence-electron chi connectivity index (χ2n) is 6.57. The van der Waals surface area contributed by atoms with E-state index in [-0.39, 0.29) is 52.8 Å². The Hall–Kier alpha value is -2.08. The zero-order valence-electron chi connectivity index (χ0n) is 15.6. The third-order valence-electron chi connectivity index (χ3n) is 4.44. The van der Waals surface area contributed by atoms with Crippen molar-refractivity contribution in [2.75, 3.05) is 6.26 Å². The number of carboxylic acids is 1. The standard InChI is InChI=1S/C19H15F3N4O3S.Na.H/c1-30-18-23-8-11(9-24-18)14-15(17(27)28)26(12-5-6-12)16(25-14)10-3-2-4-13(7-10)29-19(20,21)22;;/h2-4,7-9,12H,5-6H2,1H3,(H,27,28);;. The van der Waals surface area contributed by atoms with Gasteiger partial charge in [-0.05, 0) is 31.2 Å². The molecule has 0 amide bonds. The Morgan fingerprint density at radius 1 is 1.23 bits per heavy atom. The summed E-state index contributed by atoms with van der Waals surface area (Å²) < 4.78 is 43.4. The molecule has 4 rings (SSSR count). The number of ether oxygens (including phenoxy) is 1. The Bertz CT molecular complexity index is 1100. The van der Waals surface area contributed by atoms with Gasteiger partial charge in [0.25, 0.3) is 0 Å². The van der Waals surface area contributed by atoms with Crippen LogP contribution in [0.1, 0.15) is 29.4 Å². The fraction of sp³-hybridized carbons (Fsp3) is 0.263. The van der Waals surface area contributed by atoms with Crippen molar-refractivity contribution in [1.82, 2.24) is 19.5 Å². The number of rotatable bonds is 6. The molecule has 31 heavy (non-hydrogen) atoms. The molecule has 0 radical (unpaired) electrons. The molecule has 12 heteroatoms. The van der Waals surface area contributed by atoms with Gasteiger partial charge in [0.2, 0.25) is 0 Å². The van der Waals surface area contributed by atoms with E-state index in [0.717, 1.165) is 12.8 Å². The third-order valence-corrected chi connectivity index (χ3v) is 5.01. The zero-order valence-corrected chi connectivity index (χ0v) is 16.4. The first-order valence-electron chi connectivity index (χ1n) is 8.85. The van der Waals surface area contributed by atoms with E-state index in [1.54, 1.807) is 10.6 Å². The van der Waals surface area contributed by atoms with Crippen LogP contribution in [0.25, 0.3) is 22.6 Å². The molecule has 2 aromatic heterocycles. The van der Waals surface area contributed by atoms with Crippen molar-refractivity contribution in [3.05, 3.63) is 42.4 Å². The number of hydrogen-bond donors (Lipinski definition) is 1. The van der Waals surface area contributed by atoms with Crippen molar-refractivity contribution in [3.8, 4) is 28.4 Å². The summed E-state index contributed by atoms with van der Waals surface area (Å²) in [6, 6.07) is 5.24. The molecule has 1 aromatic carbocycles. The maximum absolute atomic E-state index is 12.6. The van der Waals surface area contributed by atoms with E-state index in [1.165, 1.54) is 42.4 Å². The molecule has 0 aliphatic heterocycles. The van der Waals surface area contributed by atoms with E-state index < -0.39 is 18.1 Å². The van der Waals surface area contributed by atoms with Crippen molar-refractivity contribution in [2.45, 2.75) is 30.4 Å². The average molecular weight is 460 g/mol. The van der Waals surface area contributed by atoms with E-state index in [2.05, 4.69) is 19.7 Å². The molecular formula is C19H16F3N4NaO3S. The van der Waals surface area contributed by atoms with Gasteiger partial charge < -0.3 is 14.4 Å². The van der Waals surface area contributed by atoms with Crippen molar-refractivity contribution < 1.29 is 27.8 Å². The van der Waals surface area contributed by atoms with Gasteiger partial charge in [0.1, 0.15) is 17.3 Å². The Morgan fingerprint density at radius 3 is 2.45 bits per heavy atom. The number of hydrogen-bond acceptors (Lipinski definition) is 6. The third kappa shape index (κ3) is 5.22. The van der Waals surface area contributed by atoms with Gasteiger partial charge in [-0.3, -0.25) is 0 Å². The van der Waals surface area contributed by atoms with Gasteiger partial charge in [-0.2, -0.15) is 0 Å². The van der Waals surface area contributed by atoms with Gasteiger partial charge in [-0.25, -0.2) is 19.7 Å². The van der Waals surface area contributed by atoms with Gasteiger partial charge in [-0.15, -0.1) is 13.2 Å². The van der Waals surface area contributed by atoms with E-state index in [0.29, 0.717) is 16.3 Å². The van der Waals surface area contributed by atoms with E-state index >= 15 is 0 Å². The monoisotopic (exact) mass is 460 g/mol. The van der Waals surface area contributed by atoms with Gasteiger partial charge in [0, 0.05) is 29.6 Å². The molecule has 1 fully saturated rings. The topological polar surface area (TPSA) is 90.1 Å². The summed E-state index contributed by atoms with van der Waals surface area (Å²) in [6.07, 6.45) is 1.45. The van der Waals surface area contributed by atoms with Crippen LogP contribution in [0.5, 0.6) is 5.75 Å². The van der Waals surface area contributed by atoms with Crippen molar-refractivity contribution in [2.24, 2.45) is 0 Å². The molecule has 0 bridgehead atoms. The molecule has 0 atom stereocenters. The van der Waals surface area contributed by atoms with Crippen molar-refractivity contribution in [1.29, 1.82) is 0 Å². The predicted molar refractivity (Wildman–Crippen MR) is 110 cm³/mol. The number of aromatic nitrogens is 4. The van der Waals surface area contributed by atoms with Crippen LogP contribution < -0.4 is 4.74 Å². The average Bonchev–Trinajstić information content (AvgIpc) is 3.45. The molecule has 7 nitrogen and oxygen atoms in total. The molecule has 1 N–H and O–H groups in total. The van der Waals surface area contributed by atoms with E-state index in [1.807, 2.05) is 6.26 Å². The second-order valence-corrected chi connectivity index (χ2v) is 7.35. The van der Waals surface area contributed by atoms with E-state index in [4.69, 9.17) is 0 Å². The summed E-state index contributed by atoms with van der Waals surface area (Å²) in [6.45, 7) is 0. The summed E-state index contributed by atoms with van der Waals surface area (Å²) in [4.78, 5) is 24.9. The van der Waals surface area contributed by atoms with Gasteiger partial charge in [-0.1, -0.05) is 23.9 Å². The molecule has 2 heterocycles. The fourth-order valence-electron chi connectivity index (χ4n) is 3.11. The summed E-state index contributed by atoms with van der Waals surface area (Å²) in [5, 5.41) is 10.4. The number of carbonyl (C=O) groups is 1. The molecule has 1 aliphatic carbocycles. The van der Waals surface area contributed by atoms with Crippen molar-refractivity contribution in [3.63, 3.8) is 0 Å². The summed E-state index contributed by atoms with van der Waals surface area (Å²) in [5.74, 6) is -1.34. The van der Waals surface area contributed by atoms with Crippen LogP contribution in [-0.4, -0.2) is 72.8 Å². The predicted octanol–water partition coefficient (Wildman–Crippen LogP) is 4.01. The minimum atomic E-state index is -4.84. The molecule has 158 valence electrons. The first-order valence-corrected chi connectivity index (χ1v) is 10.1. The number of imidazole rings is 1. The summed E-state index contributed by atoms with van der Waals surface area (Å²) >= 11 is 1.34. The van der Waals surface area contributed by atoms with Gasteiger partial charge >= 0.3 is 41.9 Å². The fourth-order valence-corrected chi connectivity index (χ4v) is 3.42. The second kappa shape index (κ2) is 9.19. The molecule has 0 saturated heterocycles. The Morgan fingerprint density at radius 2 is 1.90 bits per heavy atom. The molecule has 3 aromatic rings. The normalized spacial score (nSPS) is 13.5. The number of thioether (sulfide) groups is 1. The van der Waals surface area contributed by atoms with Gasteiger partial charge in [0.05, 0.1) is 0 Å². The molecule has 1 saturated carbocycles. The minimum absolute atomic E-state index is 0. The SMILES string of the molecule is CSc1ncc(-c2nc(-c3cccc(OC(F)(F)F)c3)n(C3CC3)c2C(=O)O)cn1.[NaH]. The van der Waals surface area contributed by atoms with Crippen LogP contribution >= 0.6 is 11.8 Å². The maximum atomic E-state index is 12.6. The number of alkyl halides is 3. The number of carboxylic acid groups (broad SMARTS) is 1. The Labute approximate surface area is 201 Å². The Kier molecular flexibility index (Phi) is 6.99. The van der Waals surface area contributed by atoms with Crippen LogP contribution in [0.2, 0.25) is 0 Å². The number of benzene rings is 1. The van der Waals surface area contributed by atoms with Gasteiger partial charge in [0.15, 0.2) is 10.9 Å². The van der Waals surface area contributed by atoms with Crippen LogP contribution in [0.4, 0.5) is 13.2 Å². The van der Waals surface area contributed by atoms with Crippen LogP contribution in [-0.2, 0) is 0 Å². The molecule has 0 spiro atoms. The number of aromatic carboxylic acids is 1. The first-order chi connectivity index (χ1) is 14.3. The van der Waals surface area contributed by atoms with Crippen LogP contribution in [0, 0.1) is 0 Å². The quantitative estimate of drug-likeness (QED) is 0.338. The zero-order chi connectivity index (χ0) is 21.5. The molecule has 0 unspecified atom stereocenters. The summed E-state index contributed by atoms with van der Waals surface area (Å²) in [7, 11) is 0. The van der Waals surface area contributed by atoms with Crippen molar-refractivity contribution >= 4 is 47.3 Å². The molecular weight excluding hydrogens is 444 g/mol. The number of halogens is 3. The van der Waals surface area contributed by atoms with Crippen LogP contribution in [0.3, 0.4) is 0 Å². The van der Waals surface area contributed by atoms with Crippen LogP contribution in [0.15, 0.2) is 41.8 Å².